The molecule has 0 aliphatic heterocycles. The lowest BCUT2D eigenvalue weighted by Crippen LogP contribution is -2.45. The standard InChI is InChI=1S/C25H27ClN2O4S/c1-16-12-17(2)24(18(3)13-16)33(30,31)28-22(14-19-8-6-5-7-9-19)25(29)27-20-10-11-23(32-4)21(26)15-20/h5-13,15,22,28H,14H2,1-4H3,(H,27,29). The Morgan fingerprint density at radius 1 is 1.00 bits per heavy atom. The van der Waals surface area contributed by atoms with E-state index in [0.717, 1.165) is 11.1 Å². The molecule has 0 radical (unpaired) electrons. The van der Waals surface area contributed by atoms with E-state index in [0.29, 0.717) is 27.6 Å². The second-order valence-corrected chi connectivity index (χ2v) is 9.99. The van der Waals surface area contributed by atoms with Crippen molar-refractivity contribution in [3.05, 3.63) is 87.9 Å². The van der Waals surface area contributed by atoms with Crippen molar-refractivity contribution >= 4 is 33.2 Å². The van der Waals surface area contributed by atoms with Crippen LogP contribution in [0.5, 0.6) is 5.75 Å². The Hall–Kier alpha value is -2.87. The van der Waals surface area contributed by atoms with E-state index in [4.69, 9.17) is 16.3 Å². The van der Waals surface area contributed by atoms with Crippen molar-refractivity contribution in [3.63, 3.8) is 0 Å². The van der Waals surface area contributed by atoms with E-state index >= 15 is 0 Å². The molecule has 0 saturated carbocycles. The van der Waals surface area contributed by atoms with Crippen molar-refractivity contribution in [3.8, 4) is 5.75 Å². The Bertz CT molecular complexity index is 1240. The minimum absolute atomic E-state index is 0.180. The zero-order chi connectivity index (χ0) is 24.2. The number of sulfonamides is 1. The fraction of sp³-hybridized carbons (Fsp3) is 0.240. The number of halogens is 1. The fourth-order valence-corrected chi connectivity index (χ4v) is 5.75. The summed E-state index contributed by atoms with van der Waals surface area (Å²) in [5, 5.41) is 3.10. The molecule has 174 valence electrons. The number of nitrogens with one attached hydrogen (secondary N) is 2. The average Bonchev–Trinajstić information content (AvgIpc) is 2.73. The molecular weight excluding hydrogens is 460 g/mol. The third kappa shape index (κ3) is 6.13. The largest absolute Gasteiger partial charge is 0.495 e. The number of amides is 1. The number of hydrogen-bond acceptors (Lipinski definition) is 4. The predicted octanol–water partition coefficient (Wildman–Crippen LogP) is 4.80. The van der Waals surface area contributed by atoms with Crippen molar-refractivity contribution < 1.29 is 17.9 Å². The monoisotopic (exact) mass is 486 g/mol. The summed E-state index contributed by atoms with van der Waals surface area (Å²) in [6, 6.07) is 16.7. The van der Waals surface area contributed by atoms with Gasteiger partial charge in [0, 0.05) is 5.69 Å². The van der Waals surface area contributed by atoms with Gasteiger partial charge in [0.1, 0.15) is 11.8 Å². The molecule has 0 saturated heterocycles. The predicted molar refractivity (Wildman–Crippen MR) is 132 cm³/mol. The Morgan fingerprint density at radius 3 is 2.21 bits per heavy atom. The van der Waals surface area contributed by atoms with E-state index in [1.165, 1.54) is 7.11 Å². The van der Waals surface area contributed by atoms with Crippen LogP contribution in [0.3, 0.4) is 0 Å². The highest BCUT2D eigenvalue weighted by Gasteiger charge is 2.28. The van der Waals surface area contributed by atoms with Crippen LogP contribution in [0, 0.1) is 20.8 Å². The molecule has 0 fully saturated rings. The zero-order valence-electron chi connectivity index (χ0n) is 19.0. The molecule has 0 heterocycles. The Labute approximate surface area is 200 Å². The van der Waals surface area contributed by atoms with Gasteiger partial charge in [-0.3, -0.25) is 4.79 Å². The van der Waals surface area contributed by atoms with Crippen LogP contribution >= 0.6 is 11.6 Å². The first-order chi connectivity index (χ1) is 15.6. The van der Waals surface area contributed by atoms with Gasteiger partial charge in [-0.25, -0.2) is 8.42 Å². The van der Waals surface area contributed by atoms with Gasteiger partial charge in [-0.15, -0.1) is 0 Å². The third-order valence-electron chi connectivity index (χ3n) is 5.19. The fourth-order valence-electron chi connectivity index (χ4n) is 3.85. The lowest BCUT2D eigenvalue weighted by atomic mass is 10.1. The maximum Gasteiger partial charge on any atom is 0.242 e. The van der Waals surface area contributed by atoms with E-state index in [2.05, 4.69) is 10.0 Å². The first kappa shape index (κ1) is 24.8. The summed E-state index contributed by atoms with van der Waals surface area (Å²) in [5.41, 5.74) is 3.48. The number of ether oxygens (including phenoxy) is 1. The number of carbonyl (C=O) groups excluding carboxylic acids is 1. The number of anilines is 1. The molecule has 1 unspecified atom stereocenters. The topological polar surface area (TPSA) is 84.5 Å². The highest BCUT2D eigenvalue weighted by Crippen LogP contribution is 2.27. The molecule has 0 spiro atoms. The van der Waals surface area contributed by atoms with Crippen LogP contribution in [0.4, 0.5) is 5.69 Å². The number of benzene rings is 3. The number of rotatable bonds is 8. The highest BCUT2D eigenvalue weighted by molar-refractivity contribution is 7.89. The van der Waals surface area contributed by atoms with E-state index in [9.17, 15) is 13.2 Å². The summed E-state index contributed by atoms with van der Waals surface area (Å²) in [4.78, 5) is 13.4. The van der Waals surface area contributed by atoms with Gasteiger partial charge < -0.3 is 10.1 Å². The van der Waals surface area contributed by atoms with Crippen LogP contribution in [0.25, 0.3) is 0 Å². The minimum atomic E-state index is -3.97. The van der Waals surface area contributed by atoms with Gasteiger partial charge in [0.15, 0.2) is 0 Å². The lowest BCUT2D eigenvalue weighted by molar-refractivity contribution is -0.117. The lowest BCUT2D eigenvalue weighted by Gasteiger charge is -2.21. The van der Waals surface area contributed by atoms with Crippen molar-refractivity contribution in [2.45, 2.75) is 38.1 Å². The van der Waals surface area contributed by atoms with Crippen LogP contribution in [-0.2, 0) is 21.2 Å². The second kappa shape index (κ2) is 10.4. The van der Waals surface area contributed by atoms with Gasteiger partial charge in [0.25, 0.3) is 0 Å². The Kier molecular flexibility index (Phi) is 7.79. The maximum absolute atomic E-state index is 13.4. The van der Waals surface area contributed by atoms with Crippen molar-refractivity contribution in [1.29, 1.82) is 0 Å². The van der Waals surface area contributed by atoms with E-state index in [-0.39, 0.29) is 11.3 Å². The van der Waals surface area contributed by atoms with Crippen LogP contribution in [-0.4, -0.2) is 27.5 Å². The number of hydrogen-bond donors (Lipinski definition) is 2. The SMILES string of the molecule is COc1ccc(NC(=O)C(Cc2ccccc2)NS(=O)(=O)c2c(C)cc(C)cc2C)cc1Cl. The van der Waals surface area contributed by atoms with Crippen LogP contribution in [0.15, 0.2) is 65.6 Å². The van der Waals surface area contributed by atoms with Gasteiger partial charge >= 0.3 is 0 Å². The Morgan fingerprint density at radius 2 is 1.64 bits per heavy atom. The normalized spacial score (nSPS) is 12.3. The quantitative estimate of drug-likeness (QED) is 0.479. The van der Waals surface area contributed by atoms with Crippen molar-refractivity contribution in [2.75, 3.05) is 12.4 Å². The number of carbonyl (C=O) groups is 1. The van der Waals surface area contributed by atoms with Crippen LogP contribution < -0.4 is 14.8 Å². The smallest absolute Gasteiger partial charge is 0.242 e. The molecule has 2 N–H and O–H groups in total. The van der Waals surface area contributed by atoms with Gasteiger partial charge in [0.05, 0.1) is 17.0 Å². The summed E-state index contributed by atoms with van der Waals surface area (Å²) in [5.74, 6) is -0.0207. The average molecular weight is 487 g/mol. The van der Waals surface area contributed by atoms with E-state index < -0.39 is 22.0 Å². The summed E-state index contributed by atoms with van der Waals surface area (Å²) in [7, 11) is -2.47. The first-order valence-corrected chi connectivity index (χ1v) is 12.3. The number of methoxy groups -OCH3 is 1. The molecule has 1 atom stereocenters. The number of aryl methyl sites for hydroxylation is 3. The third-order valence-corrected chi connectivity index (χ3v) is 7.26. The van der Waals surface area contributed by atoms with E-state index in [1.54, 1.807) is 32.0 Å². The molecule has 0 aliphatic carbocycles. The molecule has 8 heteroatoms. The molecule has 33 heavy (non-hydrogen) atoms. The molecule has 1 amide bonds. The molecular formula is C25H27ClN2O4S. The molecule has 6 nitrogen and oxygen atoms in total. The van der Waals surface area contributed by atoms with Gasteiger partial charge in [-0.1, -0.05) is 59.6 Å². The maximum atomic E-state index is 13.4. The summed E-state index contributed by atoms with van der Waals surface area (Å²) >= 11 is 6.17. The van der Waals surface area contributed by atoms with Gasteiger partial charge in [-0.05, 0) is 62.1 Å². The van der Waals surface area contributed by atoms with Crippen LogP contribution in [0.2, 0.25) is 5.02 Å². The van der Waals surface area contributed by atoms with E-state index in [1.807, 2.05) is 49.4 Å². The van der Waals surface area contributed by atoms with Crippen LogP contribution in [0.1, 0.15) is 22.3 Å². The zero-order valence-corrected chi connectivity index (χ0v) is 20.5. The summed E-state index contributed by atoms with van der Waals surface area (Å²) < 4.78 is 34.5. The first-order valence-electron chi connectivity index (χ1n) is 10.4. The van der Waals surface area contributed by atoms with Crippen molar-refractivity contribution in [1.82, 2.24) is 4.72 Å². The van der Waals surface area contributed by atoms with Crippen molar-refractivity contribution in [2.24, 2.45) is 0 Å². The second-order valence-electron chi connectivity index (χ2n) is 7.93. The highest BCUT2D eigenvalue weighted by atomic mass is 35.5. The minimum Gasteiger partial charge on any atom is -0.495 e. The molecule has 3 rings (SSSR count). The molecule has 3 aromatic rings. The summed E-state index contributed by atoms with van der Waals surface area (Å²) in [6.45, 7) is 5.41. The Balaban J connectivity index is 1.93. The molecule has 0 aromatic heterocycles. The van der Waals surface area contributed by atoms with Gasteiger partial charge in [0.2, 0.25) is 15.9 Å². The molecule has 3 aromatic carbocycles. The van der Waals surface area contributed by atoms with Gasteiger partial charge in [-0.2, -0.15) is 4.72 Å². The molecule has 0 aliphatic rings. The molecule has 0 bridgehead atoms. The summed E-state index contributed by atoms with van der Waals surface area (Å²) in [6.07, 6.45) is 0.180.